The smallest absolute Gasteiger partial charge is 0.251 e. The van der Waals surface area contributed by atoms with Crippen LogP contribution in [0.1, 0.15) is 54.8 Å². The van der Waals surface area contributed by atoms with E-state index in [0.717, 1.165) is 31.7 Å². The SMILES string of the molecule is CCN(Cc1ccc(C(=O)NC2CCn3cncc32)cc1)C(C)C. The summed E-state index contributed by atoms with van der Waals surface area (Å²) in [6, 6.07) is 8.54. The summed E-state index contributed by atoms with van der Waals surface area (Å²) in [5.74, 6) is -0.0163. The normalized spacial score (nSPS) is 16.6. The van der Waals surface area contributed by atoms with Crippen molar-refractivity contribution in [2.24, 2.45) is 0 Å². The van der Waals surface area contributed by atoms with Gasteiger partial charge in [-0.05, 0) is 44.5 Å². The Morgan fingerprint density at radius 3 is 2.79 bits per heavy atom. The van der Waals surface area contributed by atoms with Crippen LogP contribution in [0.25, 0.3) is 0 Å². The third-order valence-corrected chi connectivity index (χ3v) is 4.80. The molecule has 0 aliphatic carbocycles. The van der Waals surface area contributed by atoms with Crippen LogP contribution >= 0.6 is 0 Å². The number of carbonyl (C=O) groups is 1. The van der Waals surface area contributed by atoms with E-state index in [9.17, 15) is 4.79 Å². The van der Waals surface area contributed by atoms with Crippen molar-refractivity contribution >= 4 is 5.91 Å². The number of carbonyl (C=O) groups excluding carboxylic acids is 1. The fourth-order valence-electron chi connectivity index (χ4n) is 3.27. The Labute approximate surface area is 143 Å². The number of imidazole rings is 1. The predicted octanol–water partition coefficient (Wildman–Crippen LogP) is 2.99. The molecule has 0 saturated heterocycles. The van der Waals surface area contributed by atoms with E-state index < -0.39 is 0 Å². The number of benzene rings is 1. The first-order valence-electron chi connectivity index (χ1n) is 8.72. The van der Waals surface area contributed by atoms with Crippen molar-refractivity contribution in [1.82, 2.24) is 19.8 Å². The fourth-order valence-corrected chi connectivity index (χ4v) is 3.27. The number of rotatable bonds is 6. The lowest BCUT2D eigenvalue weighted by Crippen LogP contribution is -2.30. The lowest BCUT2D eigenvalue weighted by atomic mass is 10.1. The topological polar surface area (TPSA) is 50.2 Å². The van der Waals surface area contributed by atoms with Crippen LogP contribution in [0.5, 0.6) is 0 Å². The van der Waals surface area contributed by atoms with Crippen LogP contribution in [-0.4, -0.2) is 32.9 Å². The highest BCUT2D eigenvalue weighted by Gasteiger charge is 2.24. The Morgan fingerprint density at radius 2 is 2.12 bits per heavy atom. The van der Waals surface area contributed by atoms with Gasteiger partial charge in [-0.3, -0.25) is 9.69 Å². The molecule has 5 heteroatoms. The summed E-state index contributed by atoms with van der Waals surface area (Å²) in [6.07, 6.45) is 4.60. The first-order chi connectivity index (χ1) is 11.6. The zero-order valence-corrected chi connectivity index (χ0v) is 14.7. The van der Waals surface area contributed by atoms with E-state index in [4.69, 9.17) is 0 Å². The van der Waals surface area contributed by atoms with Gasteiger partial charge in [-0.25, -0.2) is 4.98 Å². The van der Waals surface area contributed by atoms with Crippen LogP contribution in [0.2, 0.25) is 0 Å². The van der Waals surface area contributed by atoms with Gasteiger partial charge in [0.25, 0.3) is 5.91 Å². The molecule has 1 aliphatic rings. The van der Waals surface area contributed by atoms with E-state index in [1.54, 1.807) is 0 Å². The van der Waals surface area contributed by atoms with E-state index in [2.05, 4.69) is 52.7 Å². The second-order valence-electron chi connectivity index (χ2n) is 6.68. The molecule has 1 N–H and O–H groups in total. The maximum absolute atomic E-state index is 12.5. The second kappa shape index (κ2) is 7.18. The summed E-state index contributed by atoms with van der Waals surface area (Å²) < 4.78 is 2.10. The van der Waals surface area contributed by atoms with Crippen LogP contribution in [-0.2, 0) is 13.1 Å². The molecule has 0 bridgehead atoms. The molecule has 1 amide bonds. The molecule has 0 saturated carbocycles. The molecule has 0 radical (unpaired) electrons. The molecule has 128 valence electrons. The minimum Gasteiger partial charge on any atom is -0.344 e. The summed E-state index contributed by atoms with van der Waals surface area (Å²) in [5, 5.41) is 3.12. The average Bonchev–Trinajstić information content (AvgIpc) is 3.18. The highest BCUT2D eigenvalue weighted by molar-refractivity contribution is 5.94. The summed E-state index contributed by atoms with van der Waals surface area (Å²) >= 11 is 0. The highest BCUT2D eigenvalue weighted by Crippen LogP contribution is 2.25. The molecule has 1 aliphatic heterocycles. The number of nitrogens with one attached hydrogen (secondary N) is 1. The highest BCUT2D eigenvalue weighted by atomic mass is 16.1. The predicted molar refractivity (Wildman–Crippen MR) is 94.7 cm³/mol. The molecule has 0 spiro atoms. The third kappa shape index (κ3) is 3.51. The number of aromatic nitrogens is 2. The van der Waals surface area contributed by atoms with Gasteiger partial charge in [0.05, 0.1) is 24.3 Å². The number of fused-ring (bicyclic) bond motifs is 1. The van der Waals surface area contributed by atoms with Crippen molar-refractivity contribution in [2.45, 2.75) is 52.4 Å². The standard InChI is InChI=1S/C19H26N4O/c1-4-22(14(2)3)12-15-5-7-16(8-6-15)19(24)21-17-9-10-23-13-20-11-18(17)23/h5-8,11,13-14,17H,4,9-10,12H2,1-3H3,(H,21,24). The Kier molecular flexibility index (Phi) is 5.00. The van der Waals surface area contributed by atoms with Crippen LogP contribution in [0.15, 0.2) is 36.8 Å². The molecule has 2 heterocycles. The van der Waals surface area contributed by atoms with Crippen LogP contribution in [0.4, 0.5) is 0 Å². The van der Waals surface area contributed by atoms with E-state index in [1.165, 1.54) is 5.56 Å². The molecule has 3 rings (SSSR count). The second-order valence-corrected chi connectivity index (χ2v) is 6.68. The molecular formula is C19H26N4O. The van der Waals surface area contributed by atoms with Gasteiger partial charge in [-0.1, -0.05) is 19.1 Å². The Bertz CT molecular complexity index is 690. The first-order valence-corrected chi connectivity index (χ1v) is 8.72. The number of hydrogen-bond donors (Lipinski definition) is 1. The monoisotopic (exact) mass is 326 g/mol. The van der Waals surface area contributed by atoms with Gasteiger partial charge in [-0.15, -0.1) is 0 Å². The van der Waals surface area contributed by atoms with Gasteiger partial charge < -0.3 is 9.88 Å². The third-order valence-electron chi connectivity index (χ3n) is 4.80. The number of aryl methyl sites for hydroxylation is 1. The van der Waals surface area contributed by atoms with Crippen molar-refractivity contribution in [3.63, 3.8) is 0 Å². The summed E-state index contributed by atoms with van der Waals surface area (Å²) in [4.78, 5) is 19.0. The Balaban J connectivity index is 1.62. The van der Waals surface area contributed by atoms with E-state index in [1.807, 2.05) is 24.7 Å². The molecule has 1 unspecified atom stereocenters. The zero-order chi connectivity index (χ0) is 17.1. The van der Waals surface area contributed by atoms with Crippen molar-refractivity contribution in [3.8, 4) is 0 Å². The van der Waals surface area contributed by atoms with E-state index >= 15 is 0 Å². The van der Waals surface area contributed by atoms with Gasteiger partial charge in [0.2, 0.25) is 0 Å². The molecule has 1 aromatic carbocycles. The van der Waals surface area contributed by atoms with Gasteiger partial charge in [0.15, 0.2) is 0 Å². The van der Waals surface area contributed by atoms with E-state index in [-0.39, 0.29) is 11.9 Å². The summed E-state index contributed by atoms with van der Waals surface area (Å²) in [7, 11) is 0. The number of hydrogen-bond acceptors (Lipinski definition) is 3. The molecule has 1 aromatic heterocycles. The molecule has 5 nitrogen and oxygen atoms in total. The lowest BCUT2D eigenvalue weighted by Gasteiger charge is -2.24. The zero-order valence-electron chi connectivity index (χ0n) is 14.7. The first kappa shape index (κ1) is 16.7. The Morgan fingerprint density at radius 1 is 1.38 bits per heavy atom. The molecule has 0 fully saturated rings. The van der Waals surface area contributed by atoms with Gasteiger partial charge >= 0.3 is 0 Å². The molecule has 2 aromatic rings. The van der Waals surface area contributed by atoms with E-state index in [0.29, 0.717) is 11.6 Å². The van der Waals surface area contributed by atoms with Gasteiger partial charge in [0.1, 0.15) is 0 Å². The average molecular weight is 326 g/mol. The minimum absolute atomic E-state index is 0.0163. The van der Waals surface area contributed by atoms with Crippen molar-refractivity contribution in [1.29, 1.82) is 0 Å². The molecule has 1 atom stereocenters. The van der Waals surface area contributed by atoms with Gasteiger partial charge in [0, 0.05) is 24.7 Å². The van der Waals surface area contributed by atoms with Crippen LogP contribution in [0, 0.1) is 0 Å². The number of nitrogens with zero attached hydrogens (tertiary/aromatic N) is 3. The fraction of sp³-hybridized carbons (Fsp3) is 0.474. The van der Waals surface area contributed by atoms with Crippen molar-refractivity contribution in [2.75, 3.05) is 6.54 Å². The number of amides is 1. The molecular weight excluding hydrogens is 300 g/mol. The summed E-state index contributed by atoms with van der Waals surface area (Å²) in [5.41, 5.74) is 3.04. The van der Waals surface area contributed by atoms with Gasteiger partial charge in [-0.2, -0.15) is 0 Å². The maximum atomic E-state index is 12.5. The summed E-state index contributed by atoms with van der Waals surface area (Å²) in [6.45, 7) is 9.44. The maximum Gasteiger partial charge on any atom is 0.251 e. The van der Waals surface area contributed by atoms with Crippen LogP contribution in [0.3, 0.4) is 0 Å². The van der Waals surface area contributed by atoms with Crippen LogP contribution < -0.4 is 5.32 Å². The minimum atomic E-state index is -0.0163. The Hall–Kier alpha value is -2.14. The molecule has 24 heavy (non-hydrogen) atoms. The van der Waals surface area contributed by atoms with Crippen molar-refractivity contribution < 1.29 is 4.79 Å². The largest absolute Gasteiger partial charge is 0.344 e. The quantitative estimate of drug-likeness (QED) is 0.888. The lowest BCUT2D eigenvalue weighted by molar-refractivity contribution is 0.0936. The van der Waals surface area contributed by atoms with Crippen molar-refractivity contribution in [3.05, 3.63) is 53.6 Å².